The zero-order valence-electron chi connectivity index (χ0n) is 18.3. The van der Waals surface area contributed by atoms with E-state index in [1.165, 1.54) is 17.3 Å². The van der Waals surface area contributed by atoms with Crippen molar-refractivity contribution in [3.05, 3.63) is 65.5 Å². The van der Waals surface area contributed by atoms with E-state index in [0.29, 0.717) is 22.2 Å². The standard InChI is InChI=1S/C23H26N4O4S/c1-4-16-10-12-17(13-11-16)31-14-20-25-26-23(27(20)3)32-15-21(28)24-19-9-7-6-8-18(19)22(29)30-5-2/h6-13H,4-5,14-15H2,1-3H3,(H,24,28). The summed E-state index contributed by atoms with van der Waals surface area (Å²) in [5.41, 5.74) is 1.98. The zero-order valence-corrected chi connectivity index (χ0v) is 19.1. The van der Waals surface area contributed by atoms with E-state index in [4.69, 9.17) is 9.47 Å². The molecule has 3 aromatic rings. The van der Waals surface area contributed by atoms with Crippen LogP contribution in [0.25, 0.3) is 0 Å². The van der Waals surface area contributed by atoms with Crippen LogP contribution in [0.5, 0.6) is 5.75 Å². The largest absolute Gasteiger partial charge is 0.486 e. The van der Waals surface area contributed by atoms with Gasteiger partial charge in [-0.15, -0.1) is 10.2 Å². The van der Waals surface area contributed by atoms with Crippen LogP contribution in [0, 0.1) is 0 Å². The Bertz CT molecular complexity index is 1070. The number of rotatable bonds is 10. The Morgan fingerprint density at radius 1 is 1.06 bits per heavy atom. The van der Waals surface area contributed by atoms with Crippen LogP contribution in [0.15, 0.2) is 53.7 Å². The van der Waals surface area contributed by atoms with Crippen LogP contribution in [0.3, 0.4) is 0 Å². The number of nitrogens with one attached hydrogen (secondary N) is 1. The molecule has 0 radical (unpaired) electrons. The van der Waals surface area contributed by atoms with E-state index in [1.807, 2.05) is 31.3 Å². The van der Waals surface area contributed by atoms with Crippen LogP contribution in [0.2, 0.25) is 0 Å². The second-order valence-electron chi connectivity index (χ2n) is 6.85. The van der Waals surface area contributed by atoms with Crippen LogP contribution >= 0.6 is 11.8 Å². The Kier molecular flexibility index (Phi) is 8.27. The van der Waals surface area contributed by atoms with Gasteiger partial charge in [-0.2, -0.15) is 0 Å². The SMILES string of the molecule is CCOC(=O)c1ccccc1NC(=O)CSc1nnc(COc2ccc(CC)cc2)n1C. The normalized spacial score (nSPS) is 10.6. The monoisotopic (exact) mass is 454 g/mol. The predicted octanol–water partition coefficient (Wildman–Crippen LogP) is 3.86. The van der Waals surface area contributed by atoms with E-state index in [9.17, 15) is 9.59 Å². The molecule has 9 heteroatoms. The highest BCUT2D eigenvalue weighted by Gasteiger charge is 2.16. The van der Waals surface area contributed by atoms with Gasteiger partial charge in [-0.05, 0) is 43.2 Å². The third kappa shape index (κ3) is 6.10. The van der Waals surface area contributed by atoms with Gasteiger partial charge in [0.05, 0.1) is 23.6 Å². The Morgan fingerprint density at radius 2 is 1.81 bits per heavy atom. The van der Waals surface area contributed by atoms with Gasteiger partial charge < -0.3 is 19.4 Å². The minimum absolute atomic E-state index is 0.114. The molecule has 0 atom stereocenters. The average molecular weight is 455 g/mol. The first-order valence-corrected chi connectivity index (χ1v) is 11.3. The molecule has 2 aromatic carbocycles. The van der Waals surface area contributed by atoms with Crippen molar-refractivity contribution in [2.75, 3.05) is 17.7 Å². The maximum Gasteiger partial charge on any atom is 0.340 e. The summed E-state index contributed by atoms with van der Waals surface area (Å²) < 4.78 is 12.6. The third-order valence-corrected chi connectivity index (χ3v) is 5.67. The first-order valence-electron chi connectivity index (χ1n) is 10.3. The minimum Gasteiger partial charge on any atom is -0.486 e. The number of hydrogen-bond donors (Lipinski definition) is 1. The van der Waals surface area contributed by atoms with Crippen molar-refractivity contribution in [3.63, 3.8) is 0 Å². The number of nitrogens with zero attached hydrogens (tertiary/aromatic N) is 3. The Balaban J connectivity index is 1.54. The summed E-state index contributed by atoms with van der Waals surface area (Å²) in [6, 6.07) is 14.7. The Morgan fingerprint density at radius 3 is 2.53 bits per heavy atom. The molecule has 0 saturated carbocycles. The summed E-state index contributed by atoms with van der Waals surface area (Å²) >= 11 is 1.25. The van der Waals surface area contributed by atoms with E-state index in [-0.39, 0.29) is 24.9 Å². The van der Waals surface area contributed by atoms with Gasteiger partial charge in [0.1, 0.15) is 12.4 Å². The lowest BCUT2D eigenvalue weighted by Crippen LogP contribution is -2.17. The lowest BCUT2D eigenvalue weighted by molar-refractivity contribution is -0.113. The molecule has 32 heavy (non-hydrogen) atoms. The fourth-order valence-corrected chi connectivity index (χ4v) is 3.59. The molecular weight excluding hydrogens is 428 g/mol. The Hall–Kier alpha value is -3.33. The lowest BCUT2D eigenvalue weighted by Gasteiger charge is -2.10. The second-order valence-corrected chi connectivity index (χ2v) is 7.79. The summed E-state index contributed by atoms with van der Waals surface area (Å²) in [5.74, 6) is 0.795. The second kappa shape index (κ2) is 11.3. The lowest BCUT2D eigenvalue weighted by atomic mass is 10.2. The van der Waals surface area contributed by atoms with Gasteiger partial charge in [-0.1, -0.05) is 43.0 Å². The van der Waals surface area contributed by atoms with Crippen molar-refractivity contribution in [2.24, 2.45) is 7.05 Å². The third-order valence-electron chi connectivity index (χ3n) is 4.65. The molecule has 0 spiro atoms. The molecule has 8 nitrogen and oxygen atoms in total. The highest BCUT2D eigenvalue weighted by atomic mass is 32.2. The van der Waals surface area contributed by atoms with Gasteiger partial charge in [-0.25, -0.2) is 4.79 Å². The van der Waals surface area contributed by atoms with Gasteiger partial charge in [0.15, 0.2) is 11.0 Å². The van der Waals surface area contributed by atoms with E-state index in [0.717, 1.165) is 12.2 Å². The quantitative estimate of drug-likeness (QED) is 0.367. The van der Waals surface area contributed by atoms with Crippen LogP contribution in [-0.4, -0.2) is 39.0 Å². The van der Waals surface area contributed by atoms with E-state index >= 15 is 0 Å². The number of carbonyl (C=O) groups excluding carboxylic acids is 2. The number of ether oxygens (including phenoxy) is 2. The van der Waals surface area contributed by atoms with Crippen LogP contribution in [-0.2, 0) is 29.6 Å². The van der Waals surface area contributed by atoms with Crippen molar-refractivity contribution in [1.82, 2.24) is 14.8 Å². The van der Waals surface area contributed by atoms with Crippen molar-refractivity contribution < 1.29 is 19.1 Å². The molecule has 3 rings (SSSR count). The molecule has 0 unspecified atom stereocenters. The molecule has 1 aromatic heterocycles. The minimum atomic E-state index is -0.474. The van der Waals surface area contributed by atoms with Crippen molar-refractivity contribution in [3.8, 4) is 5.75 Å². The predicted molar refractivity (Wildman–Crippen MR) is 123 cm³/mol. The zero-order chi connectivity index (χ0) is 22.9. The fraction of sp³-hybridized carbons (Fsp3) is 0.304. The Labute approximate surface area is 191 Å². The van der Waals surface area contributed by atoms with Crippen LogP contribution < -0.4 is 10.1 Å². The molecule has 0 aliphatic rings. The number of carbonyl (C=O) groups is 2. The van der Waals surface area contributed by atoms with Crippen LogP contribution in [0.1, 0.15) is 35.6 Å². The maximum absolute atomic E-state index is 12.4. The maximum atomic E-state index is 12.4. The number of para-hydroxylation sites is 1. The number of thioether (sulfide) groups is 1. The number of aryl methyl sites for hydroxylation is 1. The smallest absolute Gasteiger partial charge is 0.340 e. The topological polar surface area (TPSA) is 95.3 Å². The number of amides is 1. The highest BCUT2D eigenvalue weighted by molar-refractivity contribution is 7.99. The number of esters is 1. The first kappa shape index (κ1) is 23.3. The summed E-state index contributed by atoms with van der Waals surface area (Å²) in [6.07, 6.45) is 0.978. The molecule has 0 bridgehead atoms. The molecular formula is C23H26N4O4S. The number of aromatic nitrogens is 3. The number of hydrogen-bond acceptors (Lipinski definition) is 7. The van der Waals surface area contributed by atoms with Crippen molar-refractivity contribution in [1.29, 1.82) is 0 Å². The molecule has 0 fully saturated rings. The molecule has 0 saturated heterocycles. The first-order chi connectivity index (χ1) is 15.5. The van der Waals surface area contributed by atoms with Gasteiger partial charge >= 0.3 is 5.97 Å². The summed E-state index contributed by atoms with van der Waals surface area (Å²) in [7, 11) is 1.83. The molecule has 168 valence electrons. The summed E-state index contributed by atoms with van der Waals surface area (Å²) in [5, 5.41) is 11.7. The van der Waals surface area contributed by atoms with Gasteiger partial charge in [0, 0.05) is 7.05 Å². The van der Waals surface area contributed by atoms with Gasteiger partial charge in [0.2, 0.25) is 5.91 Å². The van der Waals surface area contributed by atoms with E-state index < -0.39 is 5.97 Å². The average Bonchev–Trinajstić information content (AvgIpc) is 3.16. The fourth-order valence-electron chi connectivity index (χ4n) is 2.86. The van der Waals surface area contributed by atoms with E-state index in [1.54, 1.807) is 35.8 Å². The van der Waals surface area contributed by atoms with Crippen LogP contribution in [0.4, 0.5) is 5.69 Å². The molecule has 1 amide bonds. The van der Waals surface area contributed by atoms with Gasteiger partial charge in [0.25, 0.3) is 0 Å². The van der Waals surface area contributed by atoms with Crippen molar-refractivity contribution >= 4 is 29.3 Å². The number of benzene rings is 2. The summed E-state index contributed by atoms with van der Waals surface area (Å²) in [6.45, 7) is 4.37. The molecule has 1 heterocycles. The molecule has 1 N–H and O–H groups in total. The van der Waals surface area contributed by atoms with E-state index in [2.05, 4.69) is 22.4 Å². The number of anilines is 1. The highest BCUT2D eigenvalue weighted by Crippen LogP contribution is 2.20. The molecule has 0 aliphatic carbocycles. The van der Waals surface area contributed by atoms with Gasteiger partial charge in [-0.3, -0.25) is 4.79 Å². The summed E-state index contributed by atoms with van der Waals surface area (Å²) in [4.78, 5) is 24.5. The molecule has 0 aliphatic heterocycles. The van der Waals surface area contributed by atoms with Crippen molar-refractivity contribution in [2.45, 2.75) is 32.0 Å².